The van der Waals surface area contributed by atoms with E-state index in [4.69, 9.17) is 9.47 Å². The van der Waals surface area contributed by atoms with E-state index in [1.165, 1.54) is 11.3 Å². The van der Waals surface area contributed by atoms with Crippen molar-refractivity contribution in [3.8, 4) is 11.5 Å². The van der Waals surface area contributed by atoms with Crippen LogP contribution in [0.15, 0.2) is 41.4 Å². The van der Waals surface area contributed by atoms with E-state index in [1.54, 1.807) is 26.4 Å². The number of anilines is 1. The summed E-state index contributed by atoms with van der Waals surface area (Å²) in [6.07, 6.45) is 0. The van der Waals surface area contributed by atoms with Crippen molar-refractivity contribution in [1.82, 2.24) is 4.57 Å². The normalized spacial score (nSPS) is 11.7. The molecule has 6 nitrogen and oxygen atoms in total. The number of hydrogen-bond donors (Lipinski definition) is 0. The Bertz CT molecular complexity index is 1020. The monoisotopic (exact) mass is 371 g/mol. The third kappa shape index (κ3) is 3.17. The van der Waals surface area contributed by atoms with Gasteiger partial charge in [0, 0.05) is 32.4 Å². The highest BCUT2D eigenvalue weighted by molar-refractivity contribution is 7.16. The molecule has 0 atom stereocenters. The smallest absolute Gasteiger partial charge is 0.279 e. The molecule has 3 rings (SSSR count). The molecule has 0 saturated heterocycles. The third-order valence-electron chi connectivity index (χ3n) is 4.14. The Balaban J connectivity index is 2.09. The number of thiazole rings is 1. The molecular formula is C19H21N3O3S. The maximum Gasteiger partial charge on any atom is 0.279 e. The van der Waals surface area contributed by atoms with E-state index in [0.717, 1.165) is 21.7 Å². The highest BCUT2D eigenvalue weighted by atomic mass is 32.1. The van der Waals surface area contributed by atoms with Crippen molar-refractivity contribution in [2.24, 2.45) is 12.0 Å². The number of rotatable bonds is 4. The number of aryl methyl sites for hydroxylation is 1. The predicted molar refractivity (Wildman–Crippen MR) is 105 cm³/mol. The van der Waals surface area contributed by atoms with Crippen LogP contribution in [-0.4, -0.2) is 38.8 Å². The molecule has 0 aliphatic heterocycles. The molecule has 0 aliphatic rings. The van der Waals surface area contributed by atoms with Gasteiger partial charge in [-0.15, -0.1) is 0 Å². The minimum absolute atomic E-state index is 0.282. The van der Waals surface area contributed by atoms with Gasteiger partial charge in [0.25, 0.3) is 5.91 Å². The standard InChI is InChI=1S/C19H21N3O3S/c1-21(2)13-8-6-12(7-9-13)18(23)20-19-22(3)16-14(24-4)10-11-15(25-5)17(16)26-19/h6-11H,1-5H3. The number of benzene rings is 2. The molecule has 136 valence electrons. The van der Waals surface area contributed by atoms with Crippen molar-refractivity contribution in [2.75, 3.05) is 33.2 Å². The van der Waals surface area contributed by atoms with E-state index < -0.39 is 0 Å². The van der Waals surface area contributed by atoms with Crippen LogP contribution in [0.1, 0.15) is 10.4 Å². The zero-order valence-corrected chi connectivity index (χ0v) is 16.3. The Morgan fingerprint density at radius 3 is 2.23 bits per heavy atom. The van der Waals surface area contributed by atoms with Gasteiger partial charge in [0.05, 0.1) is 14.2 Å². The van der Waals surface area contributed by atoms with Gasteiger partial charge < -0.3 is 18.9 Å². The Morgan fingerprint density at radius 2 is 1.65 bits per heavy atom. The van der Waals surface area contributed by atoms with Crippen molar-refractivity contribution >= 4 is 33.1 Å². The Morgan fingerprint density at radius 1 is 1.04 bits per heavy atom. The van der Waals surface area contributed by atoms with E-state index in [2.05, 4.69) is 4.99 Å². The van der Waals surface area contributed by atoms with Crippen molar-refractivity contribution in [3.05, 3.63) is 46.8 Å². The first-order chi connectivity index (χ1) is 12.5. The fraction of sp³-hybridized carbons (Fsp3) is 0.263. The van der Waals surface area contributed by atoms with Crippen LogP contribution in [-0.2, 0) is 7.05 Å². The summed E-state index contributed by atoms with van der Waals surface area (Å²) in [4.78, 5) is 19.5. The molecule has 0 bridgehead atoms. The topological polar surface area (TPSA) is 56.1 Å². The van der Waals surface area contributed by atoms with Gasteiger partial charge in [-0.05, 0) is 36.4 Å². The summed E-state index contributed by atoms with van der Waals surface area (Å²) in [6, 6.07) is 11.1. The fourth-order valence-corrected chi connectivity index (χ4v) is 3.81. The summed E-state index contributed by atoms with van der Waals surface area (Å²) in [5.41, 5.74) is 2.43. The van der Waals surface area contributed by atoms with Gasteiger partial charge in [-0.25, -0.2) is 0 Å². The summed E-state index contributed by atoms with van der Waals surface area (Å²) in [6.45, 7) is 0. The molecule has 0 unspecified atom stereocenters. The van der Waals surface area contributed by atoms with Crippen LogP contribution >= 0.6 is 11.3 Å². The summed E-state index contributed by atoms with van der Waals surface area (Å²) in [7, 11) is 9.02. The van der Waals surface area contributed by atoms with Gasteiger partial charge in [-0.3, -0.25) is 4.79 Å². The summed E-state index contributed by atoms with van der Waals surface area (Å²) < 4.78 is 13.6. The van der Waals surface area contributed by atoms with Gasteiger partial charge in [0.1, 0.15) is 21.7 Å². The largest absolute Gasteiger partial charge is 0.495 e. The average Bonchev–Trinajstić information content (AvgIpc) is 2.97. The molecular weight excluding hydrogens is 350 g/mol. The molecule has 0 fully saturated rings. The van der Waals surface area contributed by atoms with Gasteiger partial charge in [-0.1, -0.05) is 11.3 Å². The zero-order valence-electron chi connectivity index (χ0n) is 15.4. The number of aromatic nitrogens is 1. The third-order valence-corrected chi connectivity index (χ3v) is 5.29. The first-order valence-electron chi connectivity index (χ1n) is 8.03. The lowest BCUT2D eigenvalue weighted by molar-refractivity contribution is 0.0998. The molecule has 3 aromatic rings. The van der Waals surface area contributed by atoms with Crippen molar-refractivity contribution in [1.29, 1.82) is 0 Å². The van der Waals surface area contributed by atoms with Gasteiger partial charge in [0.15, 0.2) is 4.80 Å². The van der Waals surface area contributed by atoms with Crippen LogP contribution < -0.4 is 19.2 Å². The van der Waals surface area contributed by atoms with Crippen LogP contribution in [0.5, 0.6) is 11.5 Å². The first-order valence-corrected chi connectivity index (χ1v) is 8.85. The SMILES string of the molecule is COc1ccc(OC)c2c1sc(=NC(=O)c1ccc(N(C)C)cc1)n2C. The number of carbonyl (C=O) groups excluding carboxylic acids is 1. The maximum atomic E-state index is 12.6. The van der Waals surface area contributed by atoms with Gasteiger partial charge >= 0.3 is 0 Å². The van der Waals surface area contributed by atoms with Crippen LogP contribution in [0, 0.1) is 0 Å². The summed E-state index contributed by atoms with van der Waals surface area (Å²) in [5, 5.41) is 0. The molecule has 7 heteroatoms. The average molecular weight is 371 g/mol. The van der Waals surface area contributed by atoms with Crippen LogP contribution in [0.2, 0.25) is 0 Å². The van der Waals surface area contributed by atoms with Gasteiger partial charge in [0.2, 0.25) is 0 Å². The minimum atomic E-state index is -0.282. The van der Waals surface area contributed by atoms with Crippen molar-refractivity contribution < 1.29 is 14.3 Å². The molecule has 0 spiro atoms. The Kier molecular flexibility index (Phi) is 4.99. The number of fused-ring (bicyclic) bond motifs is 1. The molecule has 0 aliphatic carbocycles. The fourth-order valence-electron chi connectivity index (χ4n) is 2.68. The first kappa shape index (κ1) is 18.0. The molecule has 2 aromatic carbocycles. The number of nitrogens with zero attached hydrogens (tertiary/aromatic N) is 3. The quantitative estimate of drug-likeness (QED) is 0.707. The molecule has 1 heterocycles. The predicted octanol–water partition coefficient (Wildman–Crippen LogP) is 3.06. The molecule has 26 heavy (non-hydrogen) atoms. The summed E-state index contributed by atoms with van der Waals surface area (Å²) >= 11 is 1.40. The highest BCUT2D eigenvalue weighted by Gasteiger charge is 2.14. The lowest BCUT2D eigenvalue weighted by Gasteiger charge is -2.11. The van der Waals surface area contributed by atoms with Gasteiger partial charge in [-0.2, -0.15) is 4.99 Å². The lowest BCUT2D eigenvalue weighted by atomic mass is 10.2. The minimum Gasteiger partial charge on any atom is -0.495 e. The molecule has 0 N–H and O–H groups in total. The van der Waals surface area contributed by atoms with E-state index >= 15 is 0 Å². The Hall–Kier alpha value is -2.80. The van der Waals surface area contributed by atoms with Crippen LogP contribution in [0.3, 0.4) is 0 Å². The van der Waals surface area contributed by atoms with Crippen LogP contribution in [0.4, 0.5) is 5.69 Å². The second-order valence-electron chi connectivity index (χ2n) is 5.95. The summed E-state index contributed by atoms with van der Waals surface area (Å²) in [5.74, 6) is 1.16. The maximum absolute atomic E-state index is 12.6. The van der Waals surface area contributed by atoms with E-state index in [0.29, 0.717) is 16.1 Å². The number of amides is 1. The zero-order chi connectivity index (χ0) is 18.8. The number of ether oxygens (including phenoxy) is 2. The van der Waals surface area contributed by atoms with E-state index in [-0.39, 0.29) is 5.91 Å². The second kappa shape index (κ2) is 7.21. The molecule has 1 aromatic heterocycles. The lowest BCUT2D eigenvalue weighted by Crippen LogP contribution is -2.14. The van der Waals surface area contributed by atoms with Crippen molar-refractivity contribution in [3.63, 3.8) is 0 Å². The van der Waals surface area contributed by atoms with E-state index in [9.17, 15) is 4.79 Å². The van der Waals surface area contributed by atoms with Crippen LogP contribution in [0.25, 0.3) is 10.2 Å². The molecule has 0 saturated carbocycles. The van der Waals surface area contributed by atoms with E-state index in [1.807, 2.05) is 54.9 Å². The number of hydrogen-bond acceptors (Lipinski definition) is 5. The number of carbonyl (C=O) groups is 1. The van der Waals surface area contributed by atoms with Crippen molar-refractivity contribution in [2.45, 2.75) is 0 Å². The Labute approximate surface area is 155 Å². The molecule has 1 amide bonds. The second-order valence-corrected chi connectivity index (χ2v) is 6.93. The highest BCUT2D eigenvalue weighted by Crippen LogP contribution is 2.34. The number of methoxy groups -OCH3 is 2. The molecule has 0 radical (unpaired) electrons.